The fourth-order valence-electron chi connectivity index (χ4n) is 1.96. The summed E-state index contributed by atoms with van der Waals surface area (Å²) in [5.41, 5.74) is 7.01. The summed E-state index contributed by atoms with van der Waals surface area (Å²) < 4.78 is 18.9. The number of hydrogen-bond acceptors (Lipinski definition) is 4. The van der Waals surface area contributed by atoms with Gasteiger partial charge in [0.2, 0.25) is 0 Å². The number of rotatable bonds is 3. The number of esters is 1. The average Bonchev–Trinajstić information content (AvgIpc) is 2.65. The maximum atomic E-state index is 13.9. The third kappa shape index (κ3) is 2.46. The summed E-state index contributed by atoms with van der Waals surface area (Å²) in [6.45, 7) is 3.78. The largest absolute Gasteiger partial charge is 0.462 e. The van der Waals surface area contributed by atoms with Gasteiger partial charge in [0, 0.05) is 16.0 Å². The Kier molecular flexibility index (Phi) is 3.85. The lowest BCUT2D eigenvalue weighted by Crippen LogP contribution is -2.07. The van der Waals surface area contributed by atoms with E-state index in [4.69, 9.17) is 10.5 Å². The molecule has 0 atom stereocenters. The zero-order valence-corrected chi connectivity index (χ0v) is 11.5. The normalized spacial score (nSPS) is 10.5. The summed E-state index contributed by atoms with van der Waals surface area (Å²) in [7, 11) is 0. The van der Waals surface area contributed by atoms with Crippen molar-refractivity contribution >= 4 is 22.3 Å². The van der Waals surface area contributed by atoms with Gasteiger partial charge in [-0.15, -0.1) is 11.3 Å². The molecule has 2 aromatic rings. The fourth-order valence-corrected chi connectivity index (χ4v) is 2.89. The highest BCUT2D eigenvalue weighted by atomic mass is 32.1. The van der Waals surface area contributed by atoms with Gasteiger partial charge in [-0.05, 0) is 19.9 Å². The van der Waals surface area contributed by atoms with E-state index in [2.05, 4.69) is 0 Å². The summed E-state index contributed by atoms with van der Waals surface area (Å²) in [4.78, 5) is 12.8. The van der Waals surface area contributed by atoms with Crippen molar-refractivity contribution in [2.24, 2.45) is 0 Å². The molecule has 19 heavy (non-hydrogen) atoms. The number of ether oxygens (including phenoxy) is 1. The van der Waals surface area contributed by atoms with Gasteiger partial charge in [-0.1, -0.05) is 18.2 Å². The van der Waals surface area contributed by atoms with Crippen LogP contribution in [0.25, 0.3) is 11.1 Å². The van der Waals surface area contributed by atoms with Crippen LogP contribution in [0.1, 0.15) is 22.2 Å². The van der Waals surface area contributed by atoms with Crippen molar-refractivity contribution in [1.29, 1.82) is 0 Å². The molecule has 100 valence electrons. The van der Waals surface area contributed by atoms with Gasteiger partial charge in [0.1, 0.15) is 16.4 Å². The number of anilines is 1. The number of hydrogen-bond donors (Lipinski definition) is 1. The van der Waals surface area contributed by atoms with Crippen LogP contribution in [-0.4, -0.2) is 12.6 Å². The molecule has 2 rings (SSSR count). The van der Waals surface area contributed by atoms with Crippen LogP contribution in [0.2, 0.25) is 0 Å². The number of nitrogens with two attached hydrogens (primary N) is 1. The zero-order chi connectivity index (χ0) is 14.0. The monoisotopic (exact) mass is 279 g/mol. The summed E-state index contributed by atoms with van der Waals surface area (Å²) in [6.07, 6.45) is 0. The van der Waals surface area contributed by atoms with Crippen LogP contribution in [0.5, 0.6) is 0 Å². The van der Waals surface area contributed by atoms with Crippen molar-refractivity contribution in [3.63, 3.8) is 0 Å². The van der Waals surface area contributed by atoms with Gasteiger partial charge in [-0.25, -0.2) is 9.18 Å². The van der Waals surface area contributed by atoms with E-state index in [9.17, 15) is 9.18 Å². The van der Waals surface area contributed by atoms with Crippen LogP contribution in [0, 0.1) is 12.7 Å². The Bertz CT molecular complexity index is 622. The summed E-state index contributed by atoms with van der Waals surface area (Å²) in [5.74, 6) is -0.892. The molecule has 0 aliphatic rings. The maximum absolute atomic E-state index is 13.9. The molecule has 1 aromatic heterocycles. The molecule has 0 unspecified atom stereocenters. The molecule has 3 nitrogen and oxygen atoms in total. The minimum Gasteiger partial charge on any atom is -0.462 e. The molecule has 2 N–H and O–H groups in total. The Labute approximate surface area is 114 Å². The Morgan fingerprint density at radius 2 is 2.11 bits per heavy atom. The molecule has 0 saturated carbocycles. The summed E-state index contributed by atoms with van der Waals surface area (Å²) in [6, 6.07) is 6.32. The molecule has 1 aromatic carbocycles. The third-order valence-electron chi connectivity index (χ3n) is 2.73. The SMILES string of the molecule is CCOC(=O)c1c(N)sc(C)c1-c1ccccc1F. The molecule has 0 aliphatic carbocycles. The van der Waals surface area contributed by atoms with Crippen LogP contribution in [-0.2, 0) is 4.74 Å². The molecular formula is C14H14FNO2S. The first kappa shape index (κ1) is 13.5. The molecule has 0 bridgehead atoms. The lowest BCUT2D eigenvalue weighted by Gasteiger charge is -2.07. The van der Waals surface area contributed by atoms with Crippen LogP contribution in [0.4, 0.5) is 9.39 Å². The van der Waals surface area contributed by atoms with Gasteiger partial charge >= 0.3 is 5.97 Å². The van der Waals surface area contributed by atoms with Gasteiger partial charge in [0.25, 0.3) is 0 Å². The van der Waals surface area contributed by atoms with Crippen LogP contribution >= 0.6 is 11.3 Å². The van der Waals surface area contributed by atoms with Crippen molar-refractivity contribution in [1.82, 2.24) is 0 Å². The first-order valence-electron chi connectivity index (χ1n) is 5.87. The first-order valence-corrected chi connectivity index (χ1v) is 6.68. The topological polar surface area (TPSA) is 52.3 Å². The number of halogens is 1. The molecule has 0 fully saturated rings. The van der Waals surface area contributed by atoms with Crippen molar-refractivity contribution in [3.8, 4) is 11.1 Å². The first-order chi connectivity index (χ1) is 9.06. The molecule has 0 amide bonds. The van der Waals surface area contributed by atoms with Crippen molar-refractivity contribution in [2.75, 3.05) is 12.3 Å². The van der Waals surface area contributed by atoms with Gasteiger partial charge < -0.3 is 10.5 Å². The second-order valence-electron chi connectivity index (χ2n) is 3.97. The van der Waals surface area contributed by atoms with E-state index >= 15 is 0 Å². The molecular weight excluding hydrogens is 265 g/mol. The number of thiophene rings is 1. The summed E-state index contributed by atoms with van der Waals surface area (Å²) >= 11 is 1.26. The van der Waals surface area contributed by atoms with Gasteiger partial charge in [-0.3, -0.25) is 0 Å². The molecule has 5 heteroatoms. The number of benzene rings is 1. The van der Waals surface area contributed by atoms with Gasteiger partial charge in [-0.2, -0.15) is 0 Å². The van der Waals surface area contributed by atoms with E-state index in [-0.39, 0.29) is 18.0 Å². The number of carbonyl (C=O) groups excluding carboxylic acids is 1. The van der Waals surface area contributed by atoms with Crippen molar-refractivity contribution in [2.45, 2.75) is 13.8 Å². The van der Waals surface area contributed by atoms with Crippen molar-refractivity contribution in [3.05, 3.63) is 40.5 Å². The minimum atomic E-state index is -0.511. The predicted octanol–water partition coefficient (Wildman–Crippen LogP) is 3.62. The Balaban J connectivity index is 2.64. The van der Waals surface area contributed by atoms with E-state index in [1.807, 2.05) is 6.92 Å². The quantitative estimate of drug-likeness (QED) is 0.873. The number of carbonyl (C=O) groups is 1. The maximum Gasteiger partial charge on any atom is 0.341 e. The highest BCUT2D eigenvalue weighted by molar-refractivity contribution is 7.16. The fraction of sp³-hybridized carbons (Fsp3) is 0.214. The van der Waals surface area contributed by atoms with Crippen LogP contribution in [0.3, 0.4) is 0 Å². The molecule has 0 radical (unpaired) electrons. The van der Waals surface area contributed by atoms with Gasteiger partial charge in [0.05, 0.1) is 6.61 Å². The Morgan fingerprint density at radius 1 is 1.42 bits per heavy atom. The predicted molar refractivity (Wildman–Crippen MR) is 74.8 cm³/mol. The van der Waals surface area contributed by atoms with E-state index in [1.165, 1.54) is 17.4 Å². The highest BCUT2D eigenvalue weighted by Gasteiger charge is 2.24. The van der Waals surface area contributed by atoms with Crippen LogP contribution in [0.15, 0.2) is 24.3 Å². The van der Waals surface area contributed by atoms with E-state index in [0.29, 0.717) is 16.1 Å². The second-order valence-corrected chi connectivity index (χ2v) is 5.23. The minimum absolute atomic E-state index is 0.254. The van der Waals surface area contributed by atoms with Crippen LogP contribution < -0.4 is 5.73 Å². The lowest BCUT2D eigenvalue weighted by molar-refractivity contribution is 0.0529. The standard InChI is InChI=1S/C14H14FNO2S/c1-3-18-14(17)12-11(8(2)19-13(12)16)9-6-4-5-7-10(9)15/h4-7H,3,16H2,1-2H3. The zero-order valence-electron chi connectivity index (χ0n) is 10.7. The lowest BCUT2D eigenvalue weighted by atomic mass is 10.0. The van der Waals surface area contributed by atoms with Gasteiger partial charge in [0.15, 0.2) is 0 Å². The number of aryl methyl sites for hydroxylation is 1. The van der Waals surface area contributed by atoms with E-state index in [0.717, 1.165) is 4.88 Å². The Hall–Kier alpha value is -1.88. The molecule has 0 spiro atoms. The molecule has 0 saturated heterocycles. The highest BCUT2D eigenvalue weighted by Crippen LogP contribution is 2.39. The summed E-state index contributed by atoms with van der Waals surface area (Å²) in [5, 5.41) is 0.356. The smallest absolute Gasteiger partial charge is 0.341 e. The number of nitrogen functional groups attached to an aromatic ring is 1. The second kappa shape index (κ2) is 5.40. The van der Waals surface area contributed by atoms with E-state index < -0.39 is 5.97 Å². The third-order valence-corrected chi connectivity index (χ3v) is 3.67. The Morgan fingerprint density at radius 3 is 2.74 bits per heavy atom. The molecule has 0 aliphatic heterocycles. The average molecular weight is 279 g/mol. The van der Waals surface area contributed by atoms with E-state index in [1.54, 1.807) is 25.1 Å². The molecule has 1 heterocycles. The van der Waals surface area contributed by atoms with Crippen molar-refractivity contribution < 1.29 is 13.9 Å².